The number of hydrogen-bond donors (Lipinski definition) is 1. The van der Waals surface area contributed by atoms with Crippen LogP contribution in [-0.2, 0) is 0 Å². The molecule has 24 heavy (non-hydrogen) atoms. The lowest BCUT2D eigenvalue weighted by molar-refractivity contribution is 0.0850. The Bertz CT molecular complexity index is 793. The minimum absolute atomic E-state index is 0.0888. The van der Waals surface area contributed by atoms with Gasteiger partial charge in [0.15, 0.2) is 0 Å². The molecule has 3 aliphatic carbocycles. The van der Waals surface area contributed by atoms with Crippen molar-refractivity contribution >= 4 is 28.7 Å². The zero-order valence-corrected chi connectivity index (χ0v) is 14.6. The fourth-order valence-electron chi connectivity index (χ4n) is 4.07. The van der Waals surface area contributed by atoms with E-state index in [2.05, 4.69) is 22.1 Å². The molecule has 126 valence electrons. The SMILES string of the molecule is COc1ccc2ncc(Cl)c(/C=C\C34CCC(N)(CC3)CC4)c2n1. The van der Waals surface area contributed by atoms with Crippen molar-refractivity contribution in [1.29, 1.82) is 0 Å². The Morgan fingerprint density at radius 1 is 1.17 bits per heavy atom. The predicted molar refractivity (Wildman–Crippen MR) is 97.2 cm³/mol. The van der Waals surface area contributed by atoms with E-state index in [1.807, 2.05) is 12.1 Å². The van der Waals surface area contributed by atoms with Gasteiger partial charge < -0.3 is 10.5 Å². The number of nitrogens with two attached hydrogens (primary N) is 1. The Labute approximate surface area is 147 Å². The predicted octanol–water partition coefficient (Wildman–Crippen LogP) is 4.36. The highest BCUT2D eigenvalue weighted by atomic mass is 35.5. The molecule has 2 N–H and O–H groups in total. The van der Waals surface area contributed by atoms with Crippen LogP contribution in [-0.4, -0.2) is 22.6 Å². The molecule has 0 aliphatic heterocycles. The third-order valence-corrected chi connectivity index (χ3v) is 6.15. The first-order valence-electron chi connectivity index (χ1n) is 8.50. The van der Waals surface area contributed by atoms with Crippen LogP contribution in [0.1, 0.15) is 44.1 Å². The van der Waals surface area contributed by atoms with Crippen LogP contribution in [0, 0.1) is 5.41 Å². The van der Waals surface area contributed by atoms with E-state index in [9.17, 15) is 0 Å². The van der Waals surface area contributed by atoms with E-state index in [1.165, 1.54) is 0 Å². The summed E-state index contributed by atoms with van der Waals surface area (Å²) in [6.07, 6.45) is 13.0. The normalized spacial score (nSPS) is 29.5. The highest BCUT2D eigenvalue weighted by Gasteiger charge is 2.45. The maximum atomic E-state index is 6.42. The van der Waals surface area contributed by atoms with Crippen LogP contribution >= 0.6 is 11.6 Å². The molecule has 5 heteroatoms. The summed E-state index contributed by atoms with van der Waals surface area (Å²) in [5.74, 6) is 0.572. The van der Waals surface area contributed by atoms with Crippen molar-refractivity contribution in [3.05, 3.63) is 35.0 Å². The molecule has 0 spiro atoms. The number of methoxy groups -OCH3 is 1. The summed E-state index contributed by atoms with van der Waals surface area (Å²) in [6.45, 7) is 0. The Morgan fingerprint density at radius 2 is 1.88 bits per heavy atom. The topological polar surface area (TPSA) is 61.0 Å². The number of fused-ring (bicyclic) bond motifs is 4. The van der Waals surface area contributed by atoms with Crippen LogP contribution in [0.4, 0.5) is 0 Å². The summed E-state index contributed by atoms with van der Waals surface area (Å²) in [6, 6.07) is 3.73. The van der Waals surface area contributed by atoms with E-state index < -0.39 is 0 Å². The van der Waals surface area contributed by atoms with E-state index >= 15 is 0 Å². The van der Waals surface area contributed by atoms with Crippen molar-refractivity contribution in [3.8, 4) is 5.88 Å². The van der Waals surface area contributed by atoms with Gasteiger partial charge in [-0.15, -0.1) is 0 Å². The summed E-state index contributed by atoms with van der Waals surface area (Å²) >= 11 is 6.42. The number of allylic oxidation sites excluding steroid dienone is 1. The van der Waals surface area contributed by atoms with E-state index in [-0.39, 0.29) is 11.0 Å². The molecular weight excluding hydrogens is 322 g/mol. The first-order valence-corrected chi connectivity index (χ1v) is 8.88. The Hall–Kier alpha value is -1.65. The minimum Gasteiger partial charge on any atom is -0.481 e. The molecule has 0 atom stereocenters. The molecular formula is C19H22ClN3O. The van der Waals surface area contributed by atoms with Crippen molar-refractivity contribution in [2.45, 2.75) is 44.1 Å². The van der Waals surface area contributed by atoms with E-state index in [1.54, 1.807) is 13.3 Å². The average molecular weight is 344 g/mol. The van der Waals surface area contributed by atoms with Gasteiger partial charge in [-0.25, -0.2) is 4.98 Å². The maximum absolute atomic E-state index is 6.42. The van der Waals surface area contributed by atoms with Gasteiger partial charge in [0.2, 0.25) is 5.88 Å². The van der Waals surface area contributed by atoms with Gasteiger partial charge in [-0.3, -0.25) is 4.98 Å². The van der Waals surface area contributed by atoms with Gasteiger partial charge in [-0.2, -0.15) is 0 Å². The van der Waals surface area contributed by atoms with Crippen molar-refractivity contribution in [2.75, 3.05) is 7.11 Å². The second-order valence-electron chi connectivity index (χ2n) is 7.30. The van der Waals surface area contributed by atoms with Gasteiger partial charge in [0.25, 0.3) is 0 Å². The van der Waals surface area contributed by atoms with Crippen LogP contribution < -0.4 is 10.5 Å². The van der Waals surface area contributed by atoms with Gasteiger partial charge in [-0.05, 0) is 50.0 Å². The summed E-state index contributed by atoms with van der Waals surface area (Å²) in [5, 5.41) is 0.621. The summed E-state index contributed by atoms with van der Waals surface area (Å²) < 4.78 is 5.25. The number of halogens is 1. The zero-order valence-electron chi connectivity index (χ0n) is 13.9. The molecule has 3 aliphatic rings. The van der Waals surface area contributed by atoms with Crippen molar-refractivity contribution in [1.82, 2.24) is 9.97 Å². The standard InChI is InChI=1S/C19H22ClN3O/c1-24-16-3-2-15-17(23-16)13(14(20)12-22-15)4-5-18-6-9-19(21,10-7-18)11-8-18/h2-5,12H,6-11,21H2,1H3/b5-4-. The second kappa shape index (κ2) is 5.71. The van der Waals surface area contributed by atoms with Crippen LogP contribution in [0.2, 0.25) is 5.02 Å². The number of ether oxygens (including phenoxy) is 1. The molecule has 2 aromatic rings. The fraction of sp³-hybridized carbons (Fsp3) is 0.474. The number of nitrogens with zero attached hydrogens (tertiary/aromatic N) is 2. The molecule has 0 amide bonds. The molecule has 3 saturated carbocycles. The van der Waals surface area contributed by atoms with Crippen LogP contribution in [0.25, 0.3) is 17.1 Å². The molecule has 2 bridgehead atoms. The van der Waals surface area contributed by atoms with Crippen LogP contribution in [0.5, 0.6) is 5.88 Å². The van der Waals surface area contributed by atoms with Gasteiger partial charge in [0.1, 0.15) is 5.52 Å². The Balaban J connectivity index is 1.72. The average Bonchev–Trinajstić information content (AvgIpc) is 2.62. The number of aromatic nitrogens is 2. The summed E-state index contributed by atoms with van der Waals surface area (Å²) in [5.41, 5.74) is 9.30. The lowest BCUT2D eigenvalue weighted by atomic mass is 9.57. The number of rotatable bonds is 3. The van der Waals surface area contributed by atoms with Gasteiger partial charge in [0, 0.05) is 23.4 Å². The molecule has 4 nitrogen and oxygen atoms in total. The second-order valence-corrected chi connectivity index (χ2v) is 7.71. The van der Waals surface area contributed by atoms with Crippen molar-refractivity contribution in [3.63, 3.8) is 0 Å². The van der Waals surface area contributed by atoms with E-state index in [0.29, 0.717) is 10.9 Å². The Kier molecular flexibility index (Phi) is 3.77. The molecule has 0 radical (unpaired) electrons. The molecule has 5 rings (SSSR count). The largest absolute Gasteiger partial charge is 0.481 e. The van der Waals surface area contributed by atoms with Crippen LogP contribution in [0.15, 0.2) is 24.4 Å². The first-order chi connectivity index (χ1) is 11.5. The molecule has 0 aromatic carbocycles. The molecule has 2 heterocycles. The number of hydrogen-bond acceptors (Lipinski definition) is 4. The van der Waals surface area contributed by atoms with Crippen LogP contribution in [0.3, 0.4) is 0 Å². The summed E-state index contributed by atoms with van der Waals surface area (Å²) in [7, 11) is 1.61. The first kappa shape index (κ1) is 15.9. The third-order valence-electron chi connectivity index (χ3n) is 5.85. The quantitative estimate of drug-likeness (QED) is 0.899. The fourth-order valence-corrected chi connectivity index (χ4v) is 4.27. The van der Waals surface area contributed by atoms with E-state index in [0.717, 1.165) is 55.1 Å². The van der Waals surface area contributed by atoms with Gasteiger partial charge >= 0.3 is 0 Å². The maximum Gasteiger partial charge on any atom is 0.213 e. The highest BCUT2D eigenvalue weighted by Crippen LogP contribution is 2.52. The van der Waals surface area contributed by atoms with Crippen molar-refractivity contribution in [2.24, 2.45) is 11.1 Å². The third kappa shape index (κ3) is 2.68. The molecule has 2 aromatic heterocycles. The lowest BCUT2D eigenvalue weighted by Gasteiger charge is -2.50. The number of pyridine rings is 2. The van der Waals surface area contributed by atoms with Gasteiger partial charge in [-0.1, -0.05) is 23.8 Å². The molecule has 0 saturated heterocycles. The zero-order chi connectivity index (χ0) is 16.8. The smallest absolute Gasteiger partial charge is 0.213 e. The van der Waals surface area contributed by atoms with E-state index in [4.69, 9.17) is 22.1 Å². The molecule has 0 unspecified atom stereocenters. The minimum atomic E-state index is 0.0888. The van der Waals surface area contributed by atoms with Crippen molar-refractivity contribution < 1.29 is 4.74 Å². The summed E-state index contributed by atoms with van der Waals surface area (Å²) in [4.78, 5) is 8.91. The van der Waals surface area contributed by atoms with Gasteiger partial charge in [0.05, 0.1) is 17.6 Å². The molecule has 3 fully saturated rings. The Morgan fingerprint density at radius 3 is 2.54 bits per heavy atom. The lowest BCUT2D eigenvalue weighted by Crippen LogP contribution is -2.51. The monoisotopic (exact) mass is 343 g/mol. The highest BCUT2D eigenvalue weighted by molar-refractivity contribution is 6.32.